The van der Waals surface area contributed by atoms with Gasteiger partial charge in [-0.25, -0.2) is 0 Å². The first-order chi connectivity index (χ1) is 9.19. The number of carbonyl (C=O) groups is 1. The number of carbonyl (C=O) groups excluding carboxylic acids is 1. The van der Waals surface area contributed by atoms with E-state index in [0.29, 0.717) is 17.6 Å². The van der Waals surface area contributed by atoms with Crippen LogP contribution in [0, 0.1) is 0 Å². The number of likely N-dealkylation sites (N-methyl/N-ethyl adjacent to an activating group) is 1. The Hall–Kier alpha value is -1.10. The highest BCUT2D eigenvalue weighted by molar-refractivity contribution is 6.30. The number of hydrogen-bond donors (Lipinski definition) is 2. The molecular weight excluding hydrogens is 262 g/mol. The molecule has 0 spiro atoms. The molecule has 2 rings (SSSR count). The minimum atomic E-state index is 0.0241. The number of rotatable bonds is 5. The van der Waals surface area contributed by atoms with Crippen LogP contribution in [0.5, 0.6) is 0 Å². The van der Waals surface area contributed by atoms with Crippen LogP contribution in [0.25, 0.3) is 0 Å². The normalized spacial score (nSPS) is 18.8. The molecule has 1 atom stereocenters. The Kier molecular flexibility index (Phi) is 5.19. The summed E-state index contributed by atoms with van der Waals surface area (Å²) in [5.41, 5.74) is 0.787. The molecule has 4 nitrogen and oxygen atoms in total. The molecule has 19 heavy (non-hydrogen) atoms. The van der Waals surface area contributed by atoms with E-state index in [9.17, 15) is 4.79 Å². The molecule has 1 aromatic rings. The minimum Gasteiger partial charge on any atom is -0.325 e. The van der Waals surface area contributed by atoms with Crippen LogP contribution in [0.15, 0.2) is 24.3 Å². The van der Waals surface area contributed by atoms with Gasteiger partial charge in [-0.1, -0.05) is 18.5 Å². The van der Waals surface area contributed by atoms with E-state index in [1.807, 2.05) is 12.1 Å². The summed E-state index contributed by atoms with van der Waals surface area (Å²) in [6, 6.07) is 7.65. The maximum Gasteiger partial charge on any atom is 0.238 e. The van der Waals surface area contributed by atoms with E-state index in [0.717, 1.165) is 31.7 Å². The number of hydrogen-bond acceptors (Lipinski definition) is 3. The second kappa shape index (κ2) is 6.89. The van der Waals surface area contributed by atoms with E-state index >= 15 is 0 Å². The van der Waals surface area contributed by atoms with Crippen LogP contribution < -0.4 is 10.6 Å². The summed E-state index contributed by atoms with van der Waals surface area (Å²) < 4.78 is 0. The van der Waals surface area contributed by atoms with E-state index in [2.05, 4.69) is 22.5 Å². The van der Waals surface area contributed by atoms with Crippen molar-refractivity contribution in [2.45, 2.75) is 19.4 Å². The van der Waals surface area contributed by atoms with E-state index in [1.165, 1.54) is 0 Å². The van der Waals surface area contributed by atoms with Gasteiger partial charge in [0.2, 0.25) is 5.91 Å². The first kappa shape index (κ1) is 14.3. The van der Waals surface area contributed by atoms with Crippen LogP contribution in [-0.4, -0.2) is 43.0 Å². The Morgan fingerprint density at radius 1 is 1.47 bits per heavy atom. The van der Waals surface area contributed by atoms with Crippen molar-refractivity contribution in [2.75, 3.05) is 31.5 Å². The summed E-state index contributed by atoms with van der Waals surface area (Å²) in [4.78, 5) is 14.2. The van der Waals surface area contributed by atoms with E-state index < -0.39 is 0 Å². The lowest BCUT2D eigenvalue weighted by atomic mass is 10.2. The Bertz CT molecular complexity index is 415. The predicted molar refractivity (Wildman–Crippen MR) is 78.6 cm³/mol. The van der Waals surface area contributed by atoms with E-state index in [-0.39, 0.29) is 5.91 Å². The van der Waals surface area contributed by atoms with Crippen molar-refractivity contribution < 1.29 is 4.79 Å². The molecule has 0 radical (unpaired) electrons. The Morgan fingerprint density at radius 2 is 2.21 bits per heavy atom. The third kappa shape index (κ3) is 4.20. The fourth-order valence-electron chi connectivity index (χ4n) is 2.37. The van der Waals surface area contributed by atoms with Crippen molar-refractivity contribution in [3.05, 3.63) is 29.3 Å². The Morgan fingerprint density at radius 3 is 2.79 bits per heavy atom. The second-order valence-electron chi connectivity index (χ2n) is 4.76. The zero-order valence-electron chi connectivity index (χ0n) is 11.2. The van der Waals surface area contributed by atoms with Gasteiger partial charge in [-0.2, -0.15) is 0 Å². The predicted octanol–water partition coefficient (Wildman–Crippen LogP) is 1.96. The van der Waals surface area contributed by atoms with Crippen LogP contribution in [0.4, 0.5) is 5.69 Å². The third-order valence-electron chi connectivity index (χ3n) is 3.43. The third-order valence-corrected chi connectivity index (χ3v) is 3.68. The number of amides is 1. The average molecular weight is 282 g/mol. The van der Waals surface area contributed by atoms with Gasteiger partial charge in [-0.05, 0) is 43.8 Å². The summed E-state index contributed by atoms with van der Waals surface area (Å²) in [5.74, 6) is 0.0241. The maximum absolute atomic E-state index is 12.0. The molecule has 1 amide bonds. The van der Waals surface area contributed by atoms with Gasteiger partial charge in [-0.15, -0.1) is 0 Å². The van der Waals surface area contributed by atoms with Gasteiger partial charge in [-0.3, -0.25) is 9.69 Å². The molecule has 1 fully saturated rings. The number of anilines is 1. The molecule has 0 saturated carbocycles. The number of benzene rings is 1. The summed E-state index contributed by atoms with van der Waals surface area (Å²) in [7, 11) is 0. The van der Waals surface area contributed by atoms with E-state index in [1.54, 1.807) is 12.1 Å². The summed E-state index contributed by atoms with van der Waals surface area (Å²) in [6.07, 6.45) is 1.11. The van der Waals surface area contributed by atoms with Gasteiger partial charge in [0.1, 0.15) is 0 Å². The molecular formula is C14H20ClN3O. The lowest BCUT2D eigenvalue weighted by Gasteiger charge is -2.26. The quantitative estimate of drug-likeness (QED) is 0.867. The maximum atomic E-state index is 12.0. The fraction of sp³-hybridized carbons (Fsp3) is 0.500. The Balaban J connectivity index is 1.87. The van der Waals surface area contributed by atoms with Gasteiger partial charge in [0.05, 0.1) is 6.54 Å². The molecule has 1 heterocycles. The lowest BCUT2D eigenvalue weighted by Crippen LogP contribution is -2.41. The van der Waals surface area contributed by atoms with E-state index in [4.69, 9.17) is 11.6 Å². The summed E-state index contributed by atoms with van der Waals surface area (Å²) in [6.45, 7) is 5.43. The van der Waals surface area contributed by atoms with Crippen LogP contribution >= 0.6 is 11.6 Å². The second-order valence-corrected chi connectivity index (χ2v) is 5.20. The van der Waals surface area contributed by atoms with Crippen LogP contribution in [0.2, 0.25) is 5.02 Å². The van der Waals surface area contributed by atoms with Gasteiger partial charge in [0.15, 0.2) is 0 Å². The highest BCUT2D eigenvalue weighted by Gasteiger charge is 2.22. The van der Waals surface area contributed by atoms with Crippen LogP contribution in [0.1, 0.15) is 13.3 Å². The topological polar surface area (TPSA) is 44.4 Å². The molecule has 5 heteroatoms. The van der Waals surface area contributed by atoms with Crippen molar-refractivity contribution in [1.82, 2.24) is 10.2 Å². The molecule has 104 valence electrons. The molecule has 0 bridgehead atoms. The van der Waals surface area contributed by atoms with Crippen molar-refractivity contribution >= 4 is 23.2 Å². The summed E-state index contributed by atoms with van der Waals surface area (Å²) in [5, 5.41) is 6.90. The van der Waals surface area contributed by atoms with Gasteiger partial charge < -0.3 is 10.6 Å². The molecule has 1 unspecified atom stereocenters. The fourth-order valence-corrected chi connectivity index (χ4v) is 2.49. The largest absolute Gasteiger partial charge is 0.325 e. The average Bonchev–Trinajstić information content (AvgIpc) is 2.92. The lowest BCUT2D eigenvalue weighted by molar-refractivity contribution is -0.117. The SMILES string of the molecule is CCN(CC(=O)Nc1ccc(Cl)cc1)C1CCNC1. The zero-order valence-corrected chi connectivity index (χ0v) is 11.9. The van der Waals surface area contributed by atoms with Crippen molar-refractivity contribution in [3.8, 4) is 0 Å². The van der Waals surface area contributed by atoms with Gasteiger partial charge in [0.25, 0.3) is 0 Å². The first-order valence-electron chi connectivity index (χ1n) is 6.69. The molecule has 1 aliphatic heterocycles. The zero-order chi connectivity index (χ0) is 13.7. The summed E-state index contributed by atoms with van der Waals surface area (Å²) >= 11 is 5.81. The van der Waals surface area contributed by atoms with Crippen LogP contribution in [-0.2, 0) is 4.79 Å². The number of nitrogens with zero attached hydrogens (tertiary/aromatic N) is 1. The van der Waals surface area contributed by atoms with Crippen molar-refractivity contribution in [2.24, 2.45) is 0 Å². The van der Waals surface area contributed by atoms with Crippen molar-refractivity contribution in [1.29, 1.82) is 0 Å². The van der Waals surface area contributed by atoms with Gasteiger partial charge >= 0.3 is 0 Å². The van der Waals surface area contributed by atoms with Crippen molar-refractivity contribution in [3.63, 3.8) is 0 Å². The highest BCUT2D eigenvalue weighted by Crippen LogP contribution is 2.14. The standard InChI is InChI=1S/C14H20ClN3O/c1-2-18(13-7-8-16-9-13)10-14(19)17-12-5-3-11(15)4-6-12/h3-6,13,16H,2,7-10H2,1H3,(H,17,19). The molecule has 0 aromatic heterocycles. The highest BCUT2D eigenvalue weighted by atomic mass is 35.5. The monoisotopic (exact) mass is 281 g/mol. The molecule has 1 saturated heterocycles. The number of halogens is 1. The smallest absolute Gasteiger partial charge is 0.238 e. The minimum absolute atomic E-state index is 0.0241. The molecule has 1 aliphatic rings. The van der Waals surface area contributed by atoms with Gasteiger partial charge in [0, 0.05) is 23.3 Å². The van der Waals surface area contributed by atoms with Crippen LogP contribution in [0.3, 0.4) is 0 Å². The molecule has 1 aromatic carbocycles. The first-order valence-corrected chi connectivity index (χ1v) is 7.07. The molecule has 0 aliphatic carbocycles. The molecule has 2 N–H and O–H groups in total. The Labute approximate surface area is 119 Å². The number of nitrogens with one attached hydrogen (secondary N) is 2.